The van der Waals surface area contributed by atoms with Crippen LogP contribution in [0.25, 0.3) is 0 Å². The van der Waals surface area contributed by atoms with E-state index in [-0.39, 0.29) is 18.7 Å². The first-order valence-corrected chi connectivity index (χ1v) is 7.10. The molecular formula is C12H21BrN4O2. The summed E-state index contributed by atoms with van der Waals surface area (Å²) in [4.78, 5) is 14.0. The highest BCUT2D eigenvalue weighted by Crippen LogP contribution is 2.15. The van der Waals surface area contributed by atoms with Crippen LogP contribution in [0.3, 0.4) is 0 Å². The van der Waals surface area contributed by atoms with Crippen molar-refractivity contribution in [2.45, 2.75) is 19.4 Å². The molecule has 0 spiro atoms. The first kappa shape index (κ1) is 16.1. The number of aliphatic hydroxyl groups is 1. The zero-order valence-corrected chi connectivity index (χ0v) is 13.0. The molecule has 1 aromatic heterocycles. The molecule has 1 heterocycles. The van der Waals surface area contributed by atoms with Gasteiger partial charge in [0.15, 0.2) is 0 Å². The molecule has 0 aliphatic heterocycles. The number of hydrogen-bond donors (Lipinski definition) is 2. The van der Waals surface area contributed by atoms with Gasteiger partial charge >= 0.3 is 0 Å². The van der Waals surface area contributed by atoms with Gasteiger partial charge in [-0.25, -0.2) is 4.68 Å². The van der Waals surface area contributed by atoms with Crippen molar-refractivity contribution in [1.82, 2.24) is 14.7 Å². The summed E-state index contributed by atoms with van der Waals surface area (Å²) < 4.78 is 1.70. The number of halogens is 1. The second-order valence-corrected chi connectivity index (χ2v) is 5.35. The van der Waals surface area contributed by atoms with E-state index in [0.29, 0.717) is 10.2 Å². The minimum Gasteiger partial charge on any atom is -0.394 e. The highest BCUT2D eigenvalue weighted by Gasteiger charge is 2.07. The van der Waals surface area contributed by atoms with Crippen LogP contribution in [0.1, 0.15) is 12.8 Å². The van der Waals surface area contributed by atoms with E-state index in [1.807, 2.05) is 0 Å². The maximum absolute atomic E-state index is 11.9. The molecule has 1 rings (SSSR count). The number of hydrogen-bond acceptors (Lipinski definition) is 5. The summed E-state index contributed by atoms with van der Waals surface area (Å²) >= 11 is 3.27. The van der Waals surface area contributed by atoms with E-state index >= 15 is 0 Å². The number of nitrogens with zero attached hydrogens (tertiary/aromatic N) is 3. The Morgan fingerprint density at radius 2 is 2.21 bits per heavy atom. The lowest BCUT2D eigenvalue weighted by Crippen LogP contribution is -2.26. The fourth-order valence-corrected chi connectivity index (χ4v) is 2.07. The third kappa shape index (κ3) is 5.30. The van der Waals surface area contributed by atoms with Crippen LogP contribution in [0.15, 0.2) is 15.5 Å². The van der Waals surface area contributed by atoms with Crippen LogP contribution in [0.2, 0.25) is 0 Å². The smallest absolute Gasteiger partial charge is 0.283 e. The number of rotatable bonds is 8. The third-order valence-electron chi connectivity index (χ3n) is 2.64. The lowest BCUT2D eigenvalue weighted by Gasteiger charge is -2.11. The Balaban J connectivity index is 2.51. The summed E-state index contributed by atoms with van der Waals surface area (Å²) in [5.74, 6) is 0. The minimum absolute atomic E-state index is 0.101. The van der Waals surface area contributed by atoms with Gasteiger partial charge < -0.3 is 15.3 Å². The van der Waals surface area contributed by atoms with Gasteiger partial charge in [-0.2, -0.15) is 5.10 Å². The second kappa shape index (κ2) is 8.29. The van der Waals surface area contributed by atoms with Gasteiger partial charge in [0.25, 0.3) is 5.56 Å². The predicted octanol–water partition coefficient (Wildman–Crippen LogP) is 0.752. The van der Waals surface area contributed by atoms with Crippen molar-refractivity contribution < 1.29 is 5.11 Å². The van der Waals surface area contributed by atoms with Crippen molar-refractivity contribution in [3.63, 3.8) is 0 Å². The molecule has 0 amide bonds. The van der Waals surface area contributed by atoms with Crippen LogP contribution < -0.4 is 10.9 Å². The average molecular weight is 333 g/mol. The molecule has 0 bridgehead atoms. The standard InChI is InChI=1S/C12H21BrN4O2/c1-16(2)6-4-3-5-14-10-9-15-17(7-8-18)12(19)11(10)13/h9,14,18H,3-8H2,1-2H3. The quantitative estimate of drug-likeness (QED) is 0.687. The zero-order valence-electron chi connectivity index (χ0n) is 11.4. The van der Waals surface area contributed by atoms with Crippen LogP contribution in [0, 0.1) is 0 Å². The molecule has 6 nitrogen and oxygen atoms in total. The first-order valence-electron chi connectivity index (χ1n) is 6.31. The molecule has 7 heteroatoms. The minimum atomic E-state index is -0.229. The fourth-order valence-electron chi connectivity index (χ4n) is 1.62. The molecule has 0 aromatic carbocycles. The molecule has 0 atom stereocenters. The van der Waals surface area contributed by atoms with E-state index in [0.717, 1.165) is 25.9 Å². The van der Waals surface area contributed by atoms with Crippen molar-refractivity contribution in [3.8, 4) is 0 Å². The highest BCUT2D eigenvalue weighted by atomic mass is 79.9. The highest BCUT2D eigenvalue weighted by molar-refractivity contribution is 9.10. The lowest BCUT2D eigenvalue weighted by molar-refractivity contribution is 0.266. The summed E-state index contributed by atoms with van der Waals surface area (Å²) in [7, 11) is 4.10. The number of aromatic nitrogens is 2. The van der Waals surface area contributed by atoms with Crippen LogP contribution in [0.4, 0.5) is 5.69 Å². The molecule has 0 saturated heterocycles. The Hall–Kier alpha value is -0.920. The van der Waals surface area contributed by atoms with Gasteiger partial charge in [0.05, 0.1) is 25.0 Å². The first-order chi connectivity index (χ1) is 9.06. The molecule has 0 radical (unpaired) electrons. The van der Waals surface area contributed by atoms with Gasteiger partial charge in [-0.1, -0.05) is 0 Å². The molecule has 19 heavy (non-hydrogen) atoms. The molecule has 0 fully saturated rings. The number of unbranched alkanes of at least 4 members (excludes halogenated alkanes) is 1. The normalized spacial score (nSPS) is 11.0. The maximum atomic E-state index is 11.9. The number of nitrogens with one attached hydrogen (secondary N) is 1. The predicted molar refractivity (Wildman–Crippen MR) is 79.6 cm³/mol. The second-order valence-electron chi connectivity index (χ2n) is 4.56. The van der Waals surface area contributed by atoms with E-state index in [1.165, 1.54) is 4.68 Å². The molecule has 0 aliphatic carbocycles. The van der Waals surface area contributed by atoms with Crippen LogP contribution in [-0.2, 0) is 6.54 Å². The maximum Gasteiger partial charge on any atom is 0.283 e. The Morgan fingerprint density at radius 3 is 2.84 bits per heavy atom. The fraction of sp³-hybridized carbons (Fsp3) is 0.667. The van der Waals surface area contributed by atoms with E-state index in [4.69, 9.17) is 5.11 Å². The Kier molecular flexibility index (Phi) is 7.04. The van der Waals surface area contributed by atoms with Crippen LogP contribution in [0.5, 0.6) is 0 Å². The van der Waals surface area contributed by atoms with Crippen molar-refractivity contribution >= 4 is 21.6 Å². The van der Waals surface area contributed by atoms with Crippen molar-refractivity contribution in [2.75, 3.05) is 39.1 Å². The molecule has 0 saturated carbocycles. The Bertz CT molecular complexity index is 448. The Morgan fingerprint density at radius 1 is 1.47 bits per heavy atom. The average Bonchev–Trinajstić information content (AvgIpc) is 2.37. The summed E-state index contributed by atoms with van der Waals surface area (Å²) in [6.45, 7) is 1.97. The van der Waals surface area contributed by atoms with Gasteiger partial charge in [0.2, 0.25) is 0 Å². The summed E-state index contributed by atoms with van der Waals surface area (Å²) in [6, 6.07) is 0. The zero-order chi connectivity index (χ0) is 14.3. The summed E-state index contributed by atoms with van der Waals surface area (Å²) in [5.41, 5.74) is 0.469. The van der Waals surface area contributed by atoms with Gasteiger partial charge in [-0.05, 0) is 49.4 Å². The van der Waals surface area contributed by atoms with Gasteiger partial charge in [0, 0.05) is 6.54 Å². The molecule has 1 aromatic rings. The molecule has 2 N–H and O–H groups in total. The van der Waals surface area contributed by atoms with E-state index in [2.05, 4.69) is 45.3 Å². The molecule has 0 aliphatic rings. The van der Waals surface area contributed by atoms with Crippen molar-refractivity contribution in [2.24, 2.45) is 0 Å². The van der Waals surface area contributed by atoms with Crippen molar-refractivity contribution in [1.29, 1.82) is 0 Å². The largest absolute Gasteiger partial charge is 0.394 e. The monoisotopic (exact) mass is 332 g/mol. The SMILES string of the molecule is CN(C)CCCCNc1cnn(CCO)c(=O)c1Br. The van der Waals surface area contributed by atoms with Crippen molar-refractivity contribution in [3.05, 3.63) is 21.0 Å². The van der Waals surface area contributed by atoms with E-state index in [1.54, 1.807) is 6.20 Å². The number of anilines is 1. The van der Waals surface area contributed by atoms with Gasteiger partial charge in [-0.15, -0.1) is 0 Å². The molecule has 108 valence electrons. The number of aliphatic hydroxyl groups excluding tert-OH is 1. The summed E-state index contributed by atoms with van der Waals surface area (Å²) in [5, 5.41) is 16.0. The van der Waals surface area contributed by atoms with Gasteiger partial charge in [-0.3, -0.25) is 4.79 Å². The van der Waals surface area contributed by atoms with Crippen LogP contribution >= 0.6 is 15.9 Å². The summed E-state index contributed by atoms with van der Waals surface area (Å²) in [6.07, 6.45) is 3.74. The lowest BCUT2D eigenvalue weighted by atomic mass is 10.3. The molecule has 0 unspecified atom stereocenters. The van der Waals surface area contributed by atoms with Crippen LogP contribution in [-0.4, -0.2) is 53.6 Å². The third-order valence-corrected chi connectivity index (χ3v) is 3.41. The Labute approximate surface area is 121 Å². The van der Waals surface area contributed by atoms with E-state index in [9.17, 15) is 4.79 Å². The van der Waals surface area contributed by atoms with Gasteiger partial charge in [0.1, 0.15) is 4.47 Å². The molecular weight excluding hydrogens is 312 g/mol. The van der Waals surface area contributed by atoms with E-state index < -0.39 is 0 Å². The topological polar surface area (TPSA) is 70.4 Å².